The standard InChI is InChI=1S/C8H13O4P/c1-4-5-6-8(9)7-13(10,11-2)12-3/h4-6H,1,7H2,2-3H3/b6-5+. The number of hydrogen-bond donors (Lipinski definition) is 0. The first-order valence-corrected chi connectivity index (χ1v) is 5.33. The van der Waals surface area contributed by atoms with Crippen molar-refractivity contribution in [2.45, 2.75) is 0 Å². The van der Waals surface area contributed by atoms with Gasteiger partial charge in [0, 0.05) is 14.2 Å². The summed E-state index contributed by atoms with van der Waals surface area (Å²) in [5.41, 5.74) is 0. The largest absolute Gasteiger partial charge is 0.337 e. The Kier molecular flexibility index (Phi) is 5.55. The molecule has 0 heterocycles. The van der Waals surface area contributed by atoms with Crippen molar-refractivity contribution in [3.8, 4) is 0 Å². The number of carbonyl (C=O) groups is 1. The van der Waals surface area contributed by atoms with Crippen molar-refractivity contribution in [2.75, 3.05) is 20.4 Å². The van der Waals surface area contributed by atoms with E-state index in [4.69, 9.17) is 0 Å². The average Bonchev–Trinajstić information content (AvgIpc) is 2.14. The highest BCUT2D eigenvalue weighted by Gasteiger charge is 2.23. The Labute approximate surface area is 77.8 Å². The maximum absolute atomic E-state index is 11.4. The topological polar surface area (TPSA) is 52.6 Å². The molecule has 0 unspecified atom stereocenters. The van der Waals surface area contributed by atoms with E-state index in [2.05, 4.69) is 15.6 Å². The van der Waals surface area contributed by atoms with E-state index in [0.717, 1.165) is 0 Å². The molecule has 0 aromatic rings. The quantitative estimate of drug-likeness (QED) is 0.376. The van der Waals surface area contributed by atoms with Gasteiger partial charge in [-0.15, -0.1) is 0 Å². The summed E-state index contributed by atoms with van der Waals surface area (Å²) in [4.78, 5) is 11.1. The van der Waals surface area contributed by atoms with E-state index in [9.17, 15) is 9.36 Å². The maximum atomic E-state index is 11.4. The molecule has 0 rings (SSSR count). The summed E-state index contributed by atoms with van der Waals surface area (Å²) in [5.74, 6) is -0.313. The molecule has 5 heteroatoms. The van der Waals surface area contributed by atoms with Crippen LogP contribution < -0.4 is 0 Å². The summed E-state index contributed by atoms with van der Waals surface area (Å²) in [7, 11) is -0.723. The van der Waals surface area contributed by atoms with Gasteiger partial charge in [-0.3, -0.25) is 9.36 Å². The Hall–Kier alpha value is -0.700. The predicted octanol–water partition coefficient (Wildman–Crippen LogP) is 1.78. The molecule has 0 aliphatic carbocycles. The molecule has 0 saturated carbocycles. The van der Waals surface area contributed by atoms with Gasteiger partial charge in [0.05, 0.1) is 0 Å². The number of carbonyl (C=O) groups excluding carboxylic acids is 1. The van der Waals surface area contributed by atoms with Crippen molar-refractivity contribution in [2.24, 2.45) is 0 Å². The number of allylic oxidation sites excluding steroid dienone is 3. The van der Waals surface area contributed by atoms with E-state index in [1.807, 2.05) is 0 Å². The van der Waals surface area contributed by atoms with E-state index in [-0.39, 0.29) is 11.9 Å². The second-order valence-corrected chi connectivity index (χ2v) is 4.46. The highest BCUT2D eigenvalue weighted by atomic mass is 31.2. The van der Waals surface area contributed by atoms with E-state index >= 15 is 0 Å². The van der Waals surface area contributed by atoms with Crippen LogP contribution in [0.25, 0.3) is 0 Å². The van der Waals surface area contributed by atoms with Gasteiger partial charge >= 0.3 is 7.60 Å². The third-order valence-electron chi connectivity index (χ3n) is 1.32. The van der Waals surface area contributed by atoms with Crippen LogP contribution in [-0.4, -0.2) is 26.2 Å². The monoisotopic (exact) mass is 204 g/mol. The molecule has 0 N–H and O–H groups in total. The molecule has 74 valence electrons. The van der Waals surface area contributed by atoms with E-state index in [1.54, 1.807) is 0 Å². The molecule has 0 aromatic carbocycles. The van der Waals surface area contributed by atoms with Gasteiger partial charge in [-0.25, -0.2) is 0 Å². The predicted molar refractivity (Wildman–Crippen MR) is 50.8 cm³/mol. The van der Waals surface area contributed by atoms with Gasteiger partial charge in [0.25, 0.3) is 0 Å². The lowest BCUT2D eigenvalue weighted by molar-refractivity contribution is -0.112. The van der Waals surface area contributed by atoms with Gasteiger partial charge < -0.3 is 9.05 Å². The van der Waals surface area contributed by atoms with Gasteiger partial charge in [0.2, 0.25) is 0 Å². The lowest BCUT2D eigenvalue weighted by atomic mass is 10.4. The first-order chi connectivity index (χ1) is 6.08. The van der Waals surface area contributed by atoms with Crippen LogP contribution in [0, 0.1) is 0 Å². The minimum absolute atomic E-state index is 0.246. The molecule has 0 aliphatic rings. The van der Waals surface area contributed by atoms with Gasteiger partial charge in [-0.05, 0) is 6.08 Å². The lowest BCUT2D eigenvalue weighted by Crippen LogP contribution is -2.04. The Bertz CT molecular complexity index is 249. The van der Waals surface area contributed by atoms with Crippen LogP contribution in [0.2, 0.25) is 0 Å². The zero-order chi connectivity index (χ0) is 10.3. The summed E-state index contributed by atoms with van der Waals surface area (Å²) < 4.78 is 20.6. The van der Waals surface area contributed by atoms with Crippen LogP contribution in [0.3, 0.4) is 0 Å². The highest BCUT2D eigenvalue weighted by Crippen LogP contribution is 2.45. The van der Waals surface area contributed by atoms with Crippen molar-refractivity contribution >= 4 is 13.4 Å². The van der Waals surface area contributed by atoms with Crippen molar-refractivity contribution in [3.05, 3.63) is 24.8 Å². The summed E-state index contributed by atoms with van der Waals surface area (Å²) in [6, 6.07) is 0. The normalized spacial score (nSPS) is 11.8. The van der Waals surface area contributed by atoms with Crippen molar-refractivity contribution in [1.29, 1.82) is 0 Å². The summed E-state index contributed by atoms with van der Waals surface area (Å²) >= 11 is 0. The Morgan fingerprint density at radius 1 is 1.46 bits per heavy atom. The molecular weight excluding hydrogens is 191 g/mol. The third kappa shape index (κ3) is 4.78. The number of hydrogen-bond acceptors (Lipinski definition) is 4. The van der Waals surface area contributed by atoms with Crippen LogP contribution >= 0.6 is 7.60 Å². The van der Waals surface area contributed by atoms with Gasteiger partial charge in [0.15, 0.2) is 5.78 Å². The Morgan fingerprint density at radius 3 is 2.38 bits per heavy atom. The summed E-state index contributed by atoms with van der Waals surface area (Å²) in [6.07, 6.45) is 3.96. The van der Waals surface area contributed by atoms with E-state index in [1.165, 1.54) is 32.4 Å². The lowest BCUT2D eigenvalue weighted by Gasteiger charge is -2.10. The number of rotatable bonds is 6. The minimum atomic E-state index is -3.21. The van der Waals surface area contributed by atoms with E-state index < -0.39 is 7.60 Å². The summed E-state index contributed by atoms with van der Waals surface area (Å²) in [6.45, 7) is 3.40. The molecule has 0 saturated heterocycles. The zero-order valence-corrected chi connectivity index (χ0v) is 8.62. The molecule has 0 spiro atoms. The van der Waals surface area contributed by atoms with Crippen LogP contribution in [0.5, 0.6) is 0 Å². The fourth-order valence-electron chi connectivity index (χ4n) is 0.623. The molecular formula is C8H13O4P. The van der Waals surface area contributed by atoms with Gasteiger partial charge in [-0.2, -0.15) is 0 Å². The van der Waals surface area contributed by atoms with Crippen LogP contribution in [0.15, 0.2) is 24.8 Å². The maximum Gasteiger partial charge on any atom is 0.337 e. The van der Waals surface area contributed by atoms with Crippen LogP contribution in [0.4, 0.5) is 0 Å². The Morgan fingerprint density at radius 2 is 2.00 bits per heavy atom. The van der Waals surface area contributed by atoms with Crippen LogP contribution in [-0.2, 0) is 18.4 Å². The molecule has 0 atom stereocenters. The molecule has 4 nitrogen and oxygen atoms in total. The first-order valence-electron chi connectivity index (χ1n) is 3.60. The van der Waals surface area contributed by atoms with E-state index in [0.29, 0.717) is 0 Å². The van der Waals surface area contributed by atoms with Crippen molar-refractivity contribution < 1.29 is 18.4 Å². The fraction of sp³-hybridized carbons (Fsp3) is 0.375. The molecule has 13 heavy (non-hydrogen) atoms. The zero-order valence-electron chi connectivity index (χ0n) is 7.73. The molecule has 0 aromatic heterocycles. The molecule has 0 amide bonds. The van der Waals surface area contributed by atoms with Gasteiger partial charge in [0.1, 0.15) is 6.16 Å². The van der Waals surface area contributed by atoms with Gasteiger partial charge in [-0.1, -0.05) is 18.7 Å². The number of ketones is 1. The molecule has 0 radical (unpaired) electrons. The second-order valence-electron chi connectivity index (χ2n) is 2.20. The average molecular weight is 204 g/mol. The fourth-order valence-corrected chi connectivity index (χ4v) is 1.52. The smallest absolute Gasteiger partial charge is 0.312 e. The summed E-state index contributed by atoms with van der Waals surface area (Å²) in [5, 5.41) is 0. The molecule has 0 fully saturated rings. The minimum Gasteiger partial charge on any atom is -0.312 e. The highest BCUT2D eigenvalue weighted by molar-refractivity contribution is 7.54. The second kappa shape index (κ2) is 5.86. The third-order valence-corrected chi connectivity index (χ3v) is 3.14. The molecule has 0 bridgehead atoms. The first kappa shape index (κ1) is 12.3. The van der Waals surface area contributed by atoms with Crippen molar-refractivity contribution in [1.82, 2.24) is 0 Å². The van der Waals surface area contributed by atoms with Crippen molar-refractivity contribution in [3.63, 3.8) is 0 Å². The molecule has 0 aliphatic heterocycles. The van der Waals surface area contributed by atoms with Crippen LogP contribution in [0.1, 0.15) is 0 Å². The Balaban J connectivity index is 4.26. The SMILES string of the molecule is C=C/C=C/C(=O)CP(=O)(OC)OC.